The number of rotatable bonds is 2. The summed E-state index contributed by atoms with van der Waals surface area (Å²) in [5.41, 5.74) is 4.89. The van der Waals surface area contributed by atoms with E-state index in [1.807, 2.05) is 0 Å². The molecule has 3 heterocycles. The van der Waals surface area contributed by atoms with E-state index in [4.69, 9.17) is 10.2 Å². The van der Waals surface area contributed by atoms with Gasteiger partial charge in [-0.05, 0) is 44.0 Å². The van der Waals surface area contributed by atoms with Crippen molar-refractivity contribution in [2.24, 2.45) is 5.73 Å². The average Bonchev–Trinajstić information content (AvgIpc) is 3.01. The number of anilines is 1. The number of hydrogen-bond donors (Lipinski definition) is 2. The number of amides is 1. The van der Waals surface area contributed by atoms with E-state index in [1.54, 1.807) is 12.1 Å². The van der Waals surface area contributed by atoms with Crippen molar-refractivity contribution in [2.75, 3.05) is 5.32 Å². The number of carbonyl (C=O) groups is 1. The number of fused-ring (bicyclic) bond motifs is 1. The quantitative estimate of drug-likeness (QED) is 0.718. The van der Waals surface area contributed by atoms with Crippen molar-refractivity contribution in [1.29, 1.82) is 0 Å². The Morgan fingerprint density at radius 2 is 2.13 bits per heavy atom. The lowest BCUT2D eigenvalue weighted by Gasteiger charge is -2.32. The number of nitrogens with zero attached hydrogens (tertiary/aromatic N) is 2. The van der Waals surface area contributed by atoms with E-state index in [0.29, 0.717) is 10.4 Å². The molecule has 0 unspecified atom stereocenters. The van der Waals surface area contributed by atoms with Crippen molar-refractivity contribution >= 4 is 43.6 Å². The first-order valence-electron chi connectivity index (χ1n) is 6.34. The topological polar surface area (TPSA) is 86.1 Å². The number of alkyl halides is 3. The lowest BCUT2D eigenvalue weighted by Crippen LogP contribution is -2.35. The fourth-order valence-electron chi connectivity index (χ4n) is 2.45. The Morgan fingerprint density at radius 3 is 2.65 bits per heavy atom. The van der Waals surface area contributed by atoms with Gasteiger partial charge in [0.1, 0.15) is 11.6 Å². The van der Waals surface area contributed by atoms with Crippen LogP contribution in [0.15, 0.2) is 25.7 Å². The van der Waals surface area contributed by atoms with Gasteiger partial charge in [-0.2, -0.15) is 18.3 Å². The summed E-state index contributed by atoms with van der Waals surface area (Å²) < 4.78 is 46.8. The molecule has 3 N–H and O–H groups in total. The first-order valence-corrected chi connectivity index (χ1v) is 7.93. The Bertz CT molecular complexity index is 771. The molecule has 124 valence electrons. The molecule has 0 aliphatic carbocycles. The van der Waals surface area contributed by atoms with E-state index in [0.717, 1.165) is 4.68 Å². The SMILES string of the molecule is NC(=O)c1nn2c(c1Br)N[C@H](c1ccc(Br)o1)C[C@@H]2C(F)(F)F. The Kier molecular flexibility index (Phi) is 3.95. The lowest BCUT2D eigenvalue weighted by molar-refractivity contribution is -0.174. The zero-order valence-electron chi connectivity index (χ0n) is 11.2. The minimum Gasteiger partial charge on any atom is -0.452 e. The molecule has 3 rings (SSSR count). The third-order valence-electron chi connectivity index (χ3n) is 3.47. The van der Waals surface area contributed by atoms with Crippen molar-refractivity contribution in [1.82, 2.24) is 9.78 Å². The predicted molar refractivity (Wildman–Crippen MR) is 80.9 cm³/mol. The van der Waals surface area contributed by atoms with Crippen molar-refractivity contribution < 1.29 is 22.4 Å². The molecule has 0 aromatic carbocycles. The molecule has 0 bridgehead atoms. The van der Waals surface area contributed by atoms with Crippen molar-refractivity contribution in [2.45, 2.75) is 24.7 Å². The highest BCUT2D eigenvalue weighted by atomic mass is 79.9. The Balaban J connectivity index is 2.09. The molecular weight excluding hydrogens is 449 g/mol. The van der Waals surface area contributed by atoms with Crippen molar-refractivity contribution in [3.63, 3.8) is 0 Å². The van der Waals surface area contributed by atoms with E-state index in [9.17, 15) is 18.0 Å². The fourth-order valence-corrected chi connectivity index (χ4v) is 3.34. The third kappa shape index (κ3) is 2.87. The van der Waals surface area contributed by atoms with Crippen LogP contribution in [0.5, 0.6) is 0 Å². The summed E-state index contributed by atoms with van der Waals surface area (Å²) >= 11 is 6.20. The van der Waals surface area contributed by atoms with E-state index < -0.39 is 24.2 Å². The van der Waals surface area contributed by atoms with E-state index >= 15 is 0 Å². The number of aromatic nitrogens is 2. The molecule has 2 aromatic heterocycles. The molecule has 6 nitrogen and oxygen atoms in total. The summed E-state index contributed by atoms with van der Waals surface area (Å²) in [6.45, 7) is 0. The third-order valence-corrected chi connectivity index (χ3v) is 4.64. The van der Waals surface area contributed by atoms with Gasteiger partial charge in [0.2, 0.25) is 0 Å². The Morgan fingerprint density at radius 1 is 1.43 bits per heavy atom. The minimum absolute atomic E-state index is 0.0323. The highest BCUT2D eigenvalue weighted by molar-refractivity contribution is 9.10. The van der Waals surface area contributed by atoms with Gasteiger partial charge in [-0.3, -0.25) is 4.79 Å². The van der Waals surface area contributed by atoms with Gasteiger partial charge in [-0.25, -0.2) is 4.68 Å². The lowest BCUT2D eigenvalue weighted by atomic mass is 10.0. The van der Waals surface area contributed by atoms with Crippen LogP contribution in [0.3, 0.4) is 0 Å². The van der Waals surface area contributed by atoms with Crippen LogP contribution >= 0.6 is 31.9 Å². The Hall–Kier alpha value is -1.49. The van der Waals surface area contributed by atoms with Crippen LogP contribution in [0.1, 0.15) is 34.8 Å². The average molecular weight is 458 g/mol. The second-order valence-electron chi connectivity index (χ2n) is 4.95. The molecule has 1 amide bonds. The van der Waals surface area contributed by atoms with Crippen LogP contribution in [-0.2, 0) is 0 Å². The number of hydrogen-bond acceptors (Lipinski definition) is 4. The minimum atomic E-state index is -4.54. The number of halogens is 5. The number of carbonyl (C=O) groups excluding carboxylic acids is 1. The van der Waals surface area contributed by atoms with Gasteiger partial charge < -0.3 is 15.5 Å². The molecule has 11 heteroatoms. The van der Waals surface area contributed by atoms with Gasteiger partial charge >= 0.3 is 6.18 Å². The largest absolute Gasteiger partial charge is 0.452 e. The molecule has 0 radical (unpaired) electrons. The first kappa shape index (κ1) is 16.4. The van der Waals surface area contributed by atoms with Gasteiger partial charge in [-0.1, -0.05) is 0 Å². The summed E-state index contributed by atoms with van der Waals surface area (Å²) in [6.07, 6.45) is -4.87. The van der Waals surface area contributed by atoms with Crippen LogP contribution in [0, 0.1) is 0 Å². The van der Waals surface area contributed by atoms with Crippen LogP contribution in [0.4, 0.5) is 19.0 Å². The van der Waals surface area contributed by atoms with E-state index in [1.165, 1.54) is 0 Å². The second-order valence-corrected chi connectivity index (χ2v) is 6.53. The number of furan rings is 1. The highest BCUT2D eigenvalue weighted by Crippen LogP contribution is 2.46. The molecular formula is C12H9Br2F3N4O2. The van der Waals surface area contributed by atoms with Crippen LogP contribution in [-0.4, -0.2) is 21.9 Å². The summed E-state index contributed by atoms with van der Waals surface area (Å²) in [4.78, 5) is 11.3. The Labute approximate surface area is 144 Å². The molecule has 0 spiro atoms. The van der Waals surface area contributed by atoms with Crippen molar-refractivity contribution in [3.05, 3.63) is 32.7 Å². The number of nitrogens with two attached hydrogens (primary N) is 1. The fraction of sp³-hybridized carbons (Fsp3) is 0.333. The molecule has 23 heavy (non-hydrogen) atoms. The predicted octanol–water partition coefficient (Wildman–Crippen LogP) is 3.76. The zero-order valence-corrected chi connectivity index (χ0v) is 14.4. The van der Waals surface area contributed by atoms with Crippen LogP contribution < -0.4 is 11.1 Å². The highest BCUT2D eigenvalue weighted by Gasteiger charge is 2.48. The molecule has 2 atom stereocenters. The van der Waals surface area contributed by atoms with Crippen molar-refractivity contribution in [3.8, 4) is 0 Å². The van der Waals surface area contributed by atoms with Crippen LogP contribution in [0.2, 0.25) is 0 Å². The maximum absolute atomic E-state index is 13.4. The first-order chi connectivity index (χ1) is 10.7. The maximum Gasteiger partial charge on any atom is 0.410 e. The van der Waals surface area contributed by atoms with Gasteiger partial charge in [0.25, 0.3) is 5.91 Å². The van der Waals surface area contributed by atoms with Gasteiger partial charge in [0.15, 0.2) is 16.4 Å². The zero-order chi connectivity index (χ0) is 16.9. The summed E-state index contributed by atoms with van der Waals surface area (Å²) in [5.74, 6) is -0.546. The number of nitrogens with one attached hydrogen (secondary N) is 1. The molecule has 0 saturated carbocycles. The van der Waals surface area contributed by atoms with Crippen LogP contribution in [0.25, 0.3) is 0 Å². The van der Waals surface area contributed by atoms with E-state index in [2.05, 4.69) is 42.3 Å². The monoisotopic (exact) mass is 456 g/mol. The van der Waals surface area contributed by atoms with Gasteiger partial charge in [0, 0.05) is 6.42 Å². The molecule has 2 aromatic rings. The molecule has 0 saturated heterocycles. The maximum atomic E-state index is 13.4. The standard InChI is InChI=1S/C12H9Br2F3N4O2/c13-7-2-1-5(23-7)4-3-6(12(15,16)17)21-11(19-4)8(14)9(20-21)10(18)22/h1-2,4,6,19H,3H2,(H2,18,22)/t4-,6+/m0/s1. The molecule has 0 fully saturated rings. The molecule has 1 aliphatic heterocycles. The number of primary amides is 1. The van der Waals surface area contributed by atoms with E-state index in [-0.39, 0.29) is 22.4 Å². The van der Waals surface area contributed by atoms with Gasteiger partial charge in [-0.15, -0.1) is 0 Å². The smallest absolute Gasteiger partial charge is 0.410 e. The summed E-state index contributed by atoms with van der Waals surface area (Å²) in [5, 5.41) is 6.61. The van der Waals surface area contributed by atoms with Gasteiger partial charge in [0.05, 0.1) is 10.5 Å². The summed E-state index contributed by atoms with van der Waals surface area (Å²) in [7, 11) is 0. The normalized spacial score (nSPS) is 20.9. The second kappa shape index (κ2) is 5.55. The summed E-state index contributed by atoms with van der Waals surface area (Å²) in [6, 6.07) is 0.533. The molecule has 1 aliphatic rings.